The molecule has 0 saturated heterocycles. The lowest BCUT2D eigenvalue weighted by atomic mass is 9.97. The van der Waals surface area contributed by atoms with Crippen molar-refractivity contribution in [3.63, 3.8) is 0 Å². The van der Waals surface area contributed by atoms with Gasteiger partial charge in [0.25, 0.3) is 0 Å². The number of guanidine groups is 1. The molecule has 1 unspecified atom stereocenters. The molecule has 26 heavy (non-hydrogen) atoms. The van der Waals surface area contributed by atoms with Crippen LogP contribution in [0, 0.1) is 5.92 Å². The van der Waals surface area contributed by atoms with E-state index in [1.165, 1.54) is 5.56 Å². The highest BCUT2D eigenvalue weighted by Gasteiger charge is 2.10. The first kappa shape index (κ1) is 22.4. The first-order valence-electron chi connectivity index (χ1n) is 8.92. The number of rotatable bonds is 10. The third kappa shape index (κ3) is 9.20. The number of nitrogens with zero attached hydrogens (tertiary/aromatic N) is 2. The van der Waals surface area contributed by atoms with Gasteiger partial charge in [-0.2, -0.15) is 0 Å². The van der Waals surface area contributed by atoms with Crippen LogP contribution in [-0.4, -0.2) is 64.2 Å². The number of carbonyl (C=O) groups is 1. The Bertz CT molecular complexity index is 578. The molecular formula is C19H31BrN4O2. The molecule has 0 radical (unpaired) electrons. The monoisotopic (exact) mass is 426 g/mol. The Kier molecular flexibility index (Phi) is 11.0. The van der Waals surface area contributed by atoms with E-state index in [9.17, 15) is 4.79 Å². The Morgan fingerprint density at radius 2 is 2.12 bits per heavy atom. The molecule has 0 heterocycles. The Morgan fingerprint density at radius 3 is 2.73 bits per heavy atom. The second-order valence-electron chi connectivity index (χ2n) is 6.36. The molecule has 0 bridgehead atoms. The second-order valence-corrected chi connectivity index (χ2v) is 7.28. The summed E-state index contributed by atoms with van der Waals surface area (Å²) in [6, 6.07) is 8.40. The van der Waals surface area contributed by atoms with Crippen LogP contribution >= 0.6 is 15.9 Å². The van der Waals surface area contributed by atoms with Gasteiger partial charge in [0.2, 0.25) is 5.91 Å². The summed E-state index contributed by atoms with van der Waals surface area (Å²) in [5.41, 5.74) is 1.31. The number of amides is 1. The van der Waals surface area contributed by atoms with Crippen LogP contribution in [0.5, 0.6) is 0 Å². The number of aliphatic imine (C=N–C) groups is 1. The van der Waals surface area contributed by atoms with Crippen LogP contribution in [0.15, 0.2) is 33.7 Å². The molecule has 1 amide bonds. The van der Waals surface area contributed by atoms with Crippen molar-refractivity contribution in [2.45, 2.75) is 19.8 Å². The van der Waals surface area contributed by atoms with Crippen molar-refractivity contribution in [1.82, 2.24) is 15.5 Å². The minimum atomic E-state index is -0.0287. The van der Waals surface area contributed by atoms with Gasteiger partial charge >= 0.3 is 0 Å². The first-order chi connectivity index (χ1) is 12.5. The zero-order chi connectivity index (χ0) is 19.4. The fraction of sp³-hybridized carbons (Fsp3) is 0.579. The SMILES string of the molecule is CCC(CNC(=NCC(=O)N(C)C)NCCOC)Cc1cccc(Br)c1. The number of carbonyl (C=O) groups excluding carboxylic acids is 1. The first-order valence-corrected chi connectivity index (χ1v) is 9.71. The van der Waals surface area contributed by atoms with E-state index in [1.807, 2.05) is 6.07 Å². The Labute approximate surface area is 165 Å². The van der Waals surface area contributed by atoms with E-state index < -0.39 is 0 Å². The van der Waals surface area contributed by atoms with Crippen LogP contribution in [0.25, 0.3) is 0 Å². The summed E-state index contributed by atoms with van der Waals surface area (Å²) >= 11 is 3.52. The van der Waals surface area contributed by atoms with Crippen LogP contribution in [0.1, 0.15) is 18.9 Å². The molecule has 6 nitrogen and oxygen atoms in total. The van der Waals surface area contributed by atoms with E-state index in [2.05, 4.69) is 56.7 Å². The molecular weight excluding hydrogens is 396 g/mol. The summed E-state index contributed by atoms with van der Waals surface area (Å²) in [5.74, 6) is 1.09. The standard InChI is InChI=1S/C19H31BrN4O2/c1-5-15(11-16-7-6-8-17(20)12-16)13-22-19(21-9-10-26-4)23-14-18(25)24(2)3/h6-8,12,15H,5,9-11,13-14H2,1-4H3,(H2,21,22,23). The van der Waals surface area contributed by atoms with E-state index in [4.69, 9.17) is 4.74 Å². The highest BCUT2D eigenvalue weighted by Crippen LogP contribution is 2.16. The van der Waals surface area contributed by atoms with Crippen molar-refractivity contribution in [2.24, 2.45) is 10.9 Å². The molecule has 2 N–H and O–H groups in total. The van der Waals surface area contributed by atoms with Crippen molar-refractivity contribution in [3.05, 3.63) is 34.3 Å². The van der Waals surface area contributed by atoms with Crippen LogP contribution in [0.4, 0.5) is 0 Å². The normalized spacial score (nSPS) is 12.6. The summed E-state index contributed by atoms with van der Waals surface area (Å²) < 4.78 is 6.17. The number of likely N-dealkylation sites (N-methyl/N-ethyl adjacent to an activating group) is 1. The topological polar surface area (TPSA) is 66.0 Å². The molecule has 0 aromatic heterocycles. The number of benzene rings is 1. The van der Waals surface area contributed by atoms with Crippen molar-refractivity contribution in [1.29, 1.82) is 0 Å². The highest BCUT2D eigenvalue weighted by atomic mass is 79.9. The van der Waals surface area contributed by atoms with E-state index >= 15 is 0 Å². The highest BCUT2D eigenvalue weighted by molar-refractivity contribution is 9.10. The molecule has 1 aromatic rings. The minimum absolute atomic E-state index is 0.0287. The van der Waals surface area contributed by atoms with Gasteiger partial charge in [0.1, 0.15) is 6.54 Å². The predicted octanol–water partition coefficient (Wildman–Crippen LogP) is 2.29. The van der Waals surface area contributed by atoms with Gasteiger partial charge in [0.15, 0.2) is 5.96 Å². The van der Waals surface area contributed by atoms with Gasteiger partial charge in [0.05, 0.1) is 6.61 Å². The van der Waals surface area contributed by atoms with Crippen LogP contribution in [0.2, 0.25) is 0 Å². The Hall–Kier alpha value is -1.60. The maximum atomic E-state index is 11.8. The third-order valence-corrected chi connectivity index (χ3v) is 4.51. The zero-order valence-corrected chi connectivity index (χ0v) is 17.8. The Morgan fingerprint density at radius 1 is 1.35 bits per heavy atom. The van der Waals surface area contributed by atoms with Gasteiger partial charge in [-0.25, -0.2) is 4.99 Å². The molecule has 0 fully saturated rings. The number of halogens is 1. The smallest absolute Gasteiger partial charge is 0.243 e. The fourth-order valence-electron chi connectivity index (χ4n) is 2.33. The van der Waals surface area contributed by atoms with Gasteiger partial charge in [-0.05, 0) is 30.0 Å². The molecule has 0 aliphatic carbocycles. The van der Waals surface area contributed by atoms with Crippen molar-refractivity contribution in [2.75, 3.05) is 47.4 Å². The minimum Gasteiger partial charge on any atom is -0.383 e. The van der Waals surface area contributed by atoms with Gasteiger partial charge in [0, 0.05) is 38.8 Å². The average Bonchev–Trinajstić information content (AvgIpc) is 2.62. The lowest BCUT2D eigenvalue weighted by Gasteiger charge is -2.19. The second kappa shape index (κ2) is 12.7. The van der Waals surface area contributed by atoms with Crippen LogP contribution < -0.4 is 10.6 Å². The van der Waals surface area contributed by atoms with Crippen LogP contribution in [0.3, 0.4) is 0 Å². The van der Waals surface area contributed by atoms with Crippen molar-refractivity contribution >= 4 is 27.8 Å². The quantitative estimate of drug-likeness (QED) is 0.342. The van der Waals surface area contributed by atoms with E-state index in [0.29, 0.717) is 25.0 Å². The lowest BCUT2D eigenvalue weighted by molar-refractivity contribution is -0.127. The van der Waals surface area contributed by atoms with Gasteiger partial charge in [-0.3, -0.25) is 4.79 Å². The number of nitrogens with one attached hydrogen (secondary N) is 2. The van der Waals surface area contributed by atoms with Gasteiger partial charge in [-0.15, -0.1) is 0 Å². The van der Waals surface area contributed by atoms with Crippen molar-refractivity contribution < 1.29 is 9.53 Å². The third-order valence-electron chi connectivity index (χ3n) is 4.02. The zero-order valence-electron chi connectivity index (χ0n) is 16.2. The molecule has 0 aliphatic rings. The lowest BCUT2D eigenvalue weighted by Crippen LogP contribution is -2.42. The summed E-state index contributed by atoms with van der Waals surface area (Å²) in [4.78, 5) is 17.7. The fourth-order valence-corrected chi connectivity index (χ4v) is 2.78. The summed E-state index contributed by atoms with van der Waals surface area (Å²) in [6.45, 7) is 4.32. The molecule has 1 atom stereocenters. The predicted molar refractivity (Wildman–Crippen MR) is 111 cm³/mol. The van der Waals surface area contributed by atoms with Crippen molar-refractivity contribution in [3.8, 4) is 0 Å². The van der Waals surface area contributed by atoms with E-state index in [-0.39, 0.29) is 12.5 Å². The maximum absolute atomic E-state index is 11.8. The molecule has 0 saturated carbocycles. The molecule has 0 spiro atoms. The molecule has 0 aliphatic heterocycles. The summed E-state index contributed by atoms with van der Waals surface area (Å²) in [6.07, 6.45) is 2.05. The maximum Gasteiger partial charge on any atom is 0.243 e. The number of ether oxygens (including phenoxy) is 1. The molecule has 146 valence electrons. The van der Waals surface area contributed by atoms with E-state index in [1.54, 1.807) is 26.1 Å². The summed E-state index contributed by atoms with van der Waals surface area (Å²) in [7, 11) is 5.12. The largest absolute Gasteiger partial charge is 0.383 e. The number of hydrogen-bond acceptors (Lipinski definition) is 3. The summed E-state index contributed by atoms with van der Waals surface area (Å²) in [5, 5.41) is 6.56. The average molecular weight is 427 g/mol. The number of methoxy groups -OCH3 is 1. The molecule has 1 aromatic carbocycles. The number of hydrogen-bond donors (Lipinski definition) is 2. The van der Waals surface area contributed by atoms with E-state index in [0.717, 1.165) is 23.9 Å². The molecule has 7 heteroatoms. The van der Waals surface area contributed by atoms with Crippen LogP contribution in [-0.2, 0) is 16.0 Å². The Balaban J connectivity index is 2.62. The van der Waals surface area contributed by atoms with Gasteiger partial charge < -0.3 is 20.3 Å². The van der Waals surface area contributed by atoms with Gasteiger partial charge in [-0.1, -0.05) is 41.4 Å². The molecule has 1 rings (SSSR count).